The number of aliphatic hydroxyl groups excluding tert-OH is 1. The highest BCUT2D eigenvalue weighted by Gasteiger charge is 2.33. The second-order valence-electron chi connectivity index (χ2n) is 2.07. The number of carbonyl (C=O) groups excluding carboxylic acids is 1. The van der Waals surface area contributed by atoms with Crippen LogP contribution in [-0.2, 0) is 4.79 Å². The van der Waals surface area contributed by atoms with Crippen LogP contribution in [0.15, 0.2) is 0 Å². The van der Waals surface area contributed by atoms with Crippen LogP contribution in [0.1, 0.15) is 0 Å². The molecule has 1 aliphatic heterocycles. The maximum atomic E-state index is 11.6. The molecule has 1 rings (SSSR count). The third-order valence-electron chi connectivity index (χ3n) is 1.46. The quantitative estimate of drug-likeness (QED) is 0.478. The predicted octanol–water partition coefficient (Wildman–Crippen LogP) is -0.937. The number of aliphatic hydroxyl groups is 1. The Hall–Kier alpha value is -0.640. The highest BCUT2D eigenvalue weighted by atomic mass is 19.1. The molecule has 9 heavy (non-hydrogen) atoms. The fraction of sp³-hybridized carbons (Fsp3) is 0.800. The molecule has 0 aliphatic carbocycles. The summed E-state index contributed by atoms with van der Waals surface area (Å²) in [6, 6.07) is 0. The number of hydrogen-bond donors (Lipinski definition) is 2. The lowest BCUT2D eigenvalue weighted by atomic mass is 9.96. The van der Waals surface area contributed by atoms with Crippen LogP contribution in [0.2, 0.25) is 0 Å². The third-order valence-corrected chi connectivity index (χ3v) is 1.46. The summed E-state index contributed by atoms with van der Waals surface area (Å²) in [7, 11) is 0. The van der Waals surface area contributed by atoms with Gasteiger partial charge >= 0.3 is 0 Å². The zero-order chi connectivity index (χ0) is 6.85. The molecule has 52 valence electrons. The summed E-state index contributed by atoms with van der Waals surface area (Å²) in [4.78, 5) is 10.4. The van der Waals surface area contributed by atoms with E-state index < -0.39 is 18.7 Å². The van der Waals surface area contributed by atoms with Crippen molar-refractivity contribution in [2.75, 3.05) is 13.2 Å². The number of halogens is 1. The van der Waals surface area contributed by atoms with Gasteiger partial charge in [-0.05, 0) is 0 Å². The Labute approximate surface area is 51.9 Å². The van der Waals surface area contributed by atoms with E-state index in [1.165, 1.54) is 0 Å². The molecule has 0 spiro atoms. The molecule has 1 fully saturated rings. The van der Waals surface area contributed by atoms with Gasteiger partial charge in [0, 0.05) is 6.54 Å². The molecule has 1 heterocycles. The molecule has 2 N–H and O–H groups in total. The minimum absolute atomic E-state index is 0.250. The van der Waals surface area contributed by atoms with Gasteiger partial charge < -0.3 is 10.4 Å². The highest BCUT2D eigenvalue weighted by molar-refractivity contribution is 5.84. The summed E-state index contributed by atoms with van der Waals surface area (Å²) in [6.07, 6.45) is -1.10. The second-order valence-corrected chi connectivity index (χ2v) is 2.07. The molecule has 3 nitrogen and oxygen atoms in total. The number of carbonyl (C=O) groups is 1. The van der Waals surface area contributed by atoms with Crippen molar-refractivity contribution in [3.8, 4) is 0 Å². The van der Waals surface area contributed by atoms with Crippen molar-refractivity contribution in [3.05, 3.63) is 0 Å². The monoisotopic (exact) mass is 133 g/mol. The van der Waals surface area contributed by atoms with Gasteiger partial charge in [-0.3, -0.25) is 4.79 Å². The van der Waals surface area contributed by atoms with E-state index in [1.807, 2.05) is 0 Å². The molecule has 0 radical (unpaired) electrons. The maximum Gasteiger partial charge on any atom is 0.227 e. The summed E-state index contributed by atoms with van der Waals surface area (Å²) in [5.41, 5.74) is 0. The average Bonchev–Trinajstić information content (AvgIpc) is 1.84. The van der Waals surface area contributed by atoms with Gasteiger partial charge in [-0.15, -0.1) is 0 Å². The van der Waals surface area contributed by atoms with Gasteiger partial charge in [0.15, 0.2) is 0 Å². The van der Waals surface area contributed by atoms with E-state index in [0.717, 1.165) is 0 Å². The van der Waals surface area contributed by atoms with Crippen molar-refractivity contribution in [2.24, 2.45) is 5.92 Å². The van der Waals surface area contributed by atoms with Crippen molar-refractivity contribution >= 4 is 5.91 Å². The molecule has 1 saturated heterocycles. The maximum absolute atomic E-state index is 11.6. The number of alkyl halides is 1. The van der Waals surface area contributed by atoms with E-state index in [-0.39, 0.29) is 5.91 Å². The third kappa shape index (κ3) is 1.03. The van der Waals surface area contributed by atoms with E-state index in [0.29, 0.717) is 6.54 Å². The van der Waals surface area contributed by atoms with Gasteiger partial charge in [-0.1, -0.05) is 0 Å². The van der Waals surface area contributed by atoms with Crippen LogP contribution in [0.3, 0.4) is 0 Å². The van der Waals surface area contributed by atoms with E-state index in [2.05, 4.69) is 5.32 Å². The van der Waals surface area contributed by atoms with Crippen LogP contribution in [0.4, 0.5) is 4.39 Å². The Balaban J connectivity index is 2.34. The minimum atomic E-state index is -1.10. The number of amides is 1. The molecule has 2 atom stereocenters. The molecule has 0 saturated carbocycles. The topological polar surface area (TPSA) is 49.3 Å². The molecule has 1 amide bonds. The molecular formula is C5H8FNO2. The first-order chi connectivity index (χ1) is 4.25. The molecule has 4 heteroatoms. The summed E-state index contributed by atoms with van der Waals surface area (Å²) in [6.45, 7) is -0.429. The largest absolute Gasteiger partial charge is 0.389 e. The Morgan fingerprint density at radius 1 is 2.00 bits per heavy atom. The van der Waals surface area contributed by atoms with Crippen molar-refractivity contribution in [2.45, 2.75) is 6.10 Å². The lowest BCUT2D eigenvalue weighted by Crippen LogP contribution is -2.54. The van der Waals surface area contributed by atoms with Crippen LogP contribution in [-0.4, -0.2) is 30.3 Å². The van der Waals surface area contributed by atoms with Crippen LogP contribution in [0.25, 0.3) is 0 Å². The average molecular weight is 133 g/mol. The Bertz CT molecular complexity index is 128. The van der Waals surface area contributed by atoms with E-state index in [1.54, 1.807) is 0 Å². The number of hydrogen-bond acceptors (Lipinski definition) is 2. The lowest BCUT2D eigenvalue weighted by molar-refractivity contribution is -0.136. The summed E-state index contributed by atoms with van der Waals surface area (Å²) < 4.78 is 11.6. The number of nitrogens with one attached hydrogen (secondary N) is 1. The van der Waals surface area contributed by atoms with Crippen molar-refractivity contribution in [1.29, 1.82) is 0 Å². The number of β-lactam (4-membered cyclic amide) rings is 1. The first-order valence-corrected chi connectivity index (χ1v) is 2.77. The number of rotatable bonds is 2. The highest BCUT2D eigenvalue weighted by Crippen LogP contribution is 2.10. The van der Waals surface area contributed by atoms with Crippen LogP contribution < -0.4 is 5.32 Å². The Morgan fingerprint density at radius 3 is 2.78 bits per heavy atom. The summed E-state index contributed by atoms with van der Waals surface area (Å²) >= 11 is 0. The van der Waals surface area contributed by atoms with E-state index in [9.17, 15) is 9.18 Å². The van der Waals surface area contributed by atoms with Gasteiger partial charge in [-0.25, -0.2) is 4.39 Å². The predicted molar refractivity (Wildman–Crippen MR) is 28.5 cm³/mol. The SMILES string of the molecule is O=C1NC[C@H]1[C@H](O)CF. The molecule has 0 bridgehead atoms. The van der Waals surface area contributed by atoms with Crippen molar-refractivity contribution < 1.29 is 14.3 Å². The van der Waals surface area contributed by atoms with Gasteiger partial charge in [-0.2, -0.15) is 0 Å². The standard InChI is InChI=1S/C5H8FNO2/c6-1-4(8)3-2-7-5(3)9/h3-4,8H,1-2H2,(H,7,9)/t3-,4+/m0/s1. The van der Waals surface area contributed by atoms with Crippen LogP contribution in [0.5, 0.6) is 0 Å². The summed E-state index contributed by atoms with van der Waals surface area (Å²) in [5.74, 6) is -0.754. The second kappa shape index (κ2) is 2.31. The van der Waals surface area contributed by atoms with Crippen molar-refractivity contribution in [3.63, 3.8) is 0 Å². The van der Waals surface area contributed by atoms with Gasteiger partial charge in [0.2, 0.25) is 5.91 Å². The van der Waals surface area contributed by atoms with Crippen LogP contribution in [0, 0.1) is 5.92 Å². The zero-order valence-electron chi connectivity index (χ0n) is 4.80. The van der Waals surface area contributed by atoms with E-state index >= 15 is 0 Å². The molecule has 0 aromatic carbocycles. The minimum Gasteiger partial charge on any atom is -0.389 e. The Morgan fingerprint density at radius 2 is 2.67 bits per heavy atom. The summed E-state index contributed by atoms with van der Waals surface area (Å²) in [5, 5.41) is 11.1. The van der Waals surface area contributed by atoms with Crippen molar-refractivity contribution in [1.82, 2.24) is 5.32 Å². The molecular weight excluding hydrogens is 125 g/mol. The Kier molecular flexibility index (Phi) is 1.66. The fourth-order valence-electron chi connectivity index (χ4n) is 0.722. The first kappa shape index (κ1) is 6.48. The smallest absolute Gasteiger partial charge is 0.227 e. The van der Waals surface area contributed by atoms with E-state index in [4.69, 9.17) is 5.11 Å². The molecule has 0 aromatic heterocycles. The zero-order valence-corrected chi connectivity index (χ0v) is 4.80. The first-order valence-electron chi connectivity index (χ1n) is 2.77. The normalized spacial score (nSPS) is 28.7. The fourth-order valence-corrected chi connectivity index (χ4v) is 0.722. The molecule has 0 aromatic rings. The van der Waals surface area contributed by atoms with Crippen LogP contribution >= 0.6 is 0 Å². The molecule has 1 aliphatic rings. The lowest BCUT2D eigenvalue weighted by Gasteiger charge is -2.28. The van der Waals surface area contributed by atoms with Gasteiger partial charge in [0.25, 0.3) is 0 Å². The van der Waals surface area contributed by atoms with Gasteiger partial charge in [0.05, 0.1) is 12.0 Å². The molecule has 0 unspecified atom stereocenters. The van der Waals surface area contributed by atoms with Gasteiger partial charge in [0.1, 0.15) is 6.67 Å².